The summed E-state index contributed by atoms with van der Waals surface area (Å²) >= 11 is 0. The molecule has 0 N–H and O–H groups in total. The molecule has 3 heteroatoms. The van der Waals surface area contributed by atoms with Crippen molar-refractivity contribution in [1.82, 2.24) is 0 Å². The lowest BCUT2D eigenvalue weighted by Crippen LogP contribution is -2.24. The Morgan fingerprint density at radius 3 is 2.03 bits per heavy atom. The van der Waals surface area contributed by atoms with Crippen LogP contribution in [0.3, 0.4) is 0 Å². The van der Waals surface area contributed by atoms with Gasteiger partial charge in [-0.25, -0.2) is 8.78 Å². The quantitative estimate of drug-likeness (QED) is 0.482. The van der Waals surface area contributed by atoms with Gasteiger partial charge < -0.3 is 0 Å². The zero-order valence-corrected chi connectivity index (χ0v) is 17.4. The van der Waals surface area contributed by atoms with Gasteiger partial charge in [-0.2, -0.15) is 0 Å². The summed E-state index contributed by atoms with van der Waals surface area (Å²) in [6, 6.07) is 8.73. The van der Waals surface area contributed by atoms with Crippen LogP contribution in [0.15, 0.2) is 42.2 Å². The Bertz CT molecular complexity index is 777. The van der Waals surface area contributed by atoms with Crippen molar-refractivity contribution >= 4 is 5.57 Å². The maximum Gasteiger partial charge on any atom is 0.169 e. The van der Waals surface area contributed by atoms with Crippen molar-refractivity contribution in [3.63, 3.8) is 0 Å². The molecule has 158 valence electrons. The minimum atomic E-state index is -1.71. The molecule has 0 amide bonds. The van der Waals surface area contributed by atoms with Gasteiger partial charge in [-0.3, -0.25) is 4.70 Å². The molecule has 29 heavy (non-hydrogen) atoms. The Labute approximate surface area is 172 Å². The minimum Gasteiger partial charge on any atom is -0.269 e. The fourth-order valence-electron chi connectivity index (χ4n) is 6.20. The zero-order chi connectivity index (χ0) is 19.3. The molecule has 0 aliphatic heterocycles. The molecule has 0 aromatic heterocycles. The summed E-state index contributed by atoms with van der Waals surface area (Å²) in [5.41, 5.74) is 1.74. The molecule has 2 unspecified atom stereocenters. The van der Waals surface area contributed by atoms with E-state index in [1.165, 1.54) is 63.0 Å². The van der Waals surface area contributed by atoms with E-state index in [2.05, 4.69) is 31.2 Å². The predicted octanol–water partition coefficient (Wildman–Crippen LogP) is 7.92. The summed E-state index contributed by atoms with van der Waals surface area (Å²) in [4.78, 5) is 0. The molecule has 1 aromatic rings. The monoisotopic (exact) mass is 402 g/mol. The van der Waals surface area contributed by atoms with Gasteiger partial charge in [-0.05, 0) is 91.4 Å². The second kappa shape index (κ2) is 7.96. The first-order chi connectivity index (χ1) is 13.5. The normalized spacial score (nSPS) is 38.9. The van der Waals surface area contributed by atoms with Crippen molar-refractivity contribution in [2.45, 2.75) is 76.3 Å². The highest BCUT2D eigenvalue weighted by Gasteiger charge is 2.61. The largest absolute Gasteiger partial charge is 0.269 e. The molecule has 2 atom stereocenters. The van der Waals surface area contributed by atoms with Gasteiger partial charge in [-0.15, -0.1) is 0 Å². The molecule has 4 aliphatic rings. The molecule has 3 saturated carbocycles. The number of hydrogen-bond acceptors (Lipinski definition) is 0. The second-order valence-electron chi connectivity index (χ2n) is 10.0. The highest BCUT2D eigenvalue weighted by molar-refractivity contribution is 5.76. The van der Waals surface area contributed by atoms with Crippen molar-refractivity contribution in [1.29, 1.82) is 0 Å². The van der Waals surface area contributed by atoms with E-state index in [9.17, 15) is 8.78 Å². The van der Waals surface area contributed by atoms with E-state index in [0.717, 1.165) is 28.9 Å². The van der Waals surface area contributed by atoms with E-state index in [-0.39, 0.29) is 10.6 Å². The fourth-order valence-corrected chi connectivity index (χ4v) is 6.20. The van der Waals surface area contributed by atoms with Gasteiger partial charge in [0.2, 0.25) is 0 Å². The third-order valence-corrected chi connectivity index (χ3v) is 8.29. The molecule has 4 aliphatic carbocycles. The lowest BCUT2D eigenvalue weighted by atomic mass is 9.68. The summed E-state index contributed by atoms with van der Waals surface area (Å²) in [6.07, 6.45) is 14.5. The maximum absolute atomic E-state index is 14.4. The van der Waals surface area contributed by atoms with E-state index in [4.69, 9.17) is 0 Å². The first kappa shape index (κ1) is 20.8. The van der Waals surface area contributed by atoms with Crippen LogP contribution in [0.5, 0.6) is 0 Å². The smallest absolute Gasteiger partial charge is 0.169 e. The van der Waals surface area contributed by atoms with Crippen LogP contribution in [0.1, 0.15) is 81.8 Å². The minimum absolute atomic E-state index is 0. The van der Waals surface area contributed by atoms with Crippen LogP contribution in [0, 0.1) is 23.7 Å². The summed E-state index contributed by atoms with van der Waals surface area (Å²) in [6.45, 7) is 2.41. The van der Waals surface area contributed by atoms with E-state index in [0.29, 0.717) is 12.3 Å². The maximum atomic E-state index is 14.4. The number of alkyl halides is 1. The van der Waals surface area contributed by atoms with Gasteiger partial charge in [0.05, 0.1) is 0 Å². The van der Waals surface area contributed by atoms with Crippen LogP contribution < -0.4 is 0 Å². The Morgan fingerprint density at radius 2 is 1.41 bits per heavy atom. The number of allylic oxidation sites excluding steroid dienone is 4. The highest BCUT2D eigenvalue weighted by atomic mass is 19.2. The number of benzene rings is 1. The van der Waals surface area contributed by atoms with Crippen molar-refractivity contribution < 1.29 is 13.5 Å². The van der Waals surface area contributed by atoms with Crippen LogP contribution in [-0.4, -0.2) is 5.67 Å². The molecule has 0 nitrogen and oxygen atoms in total. The number of fused-ring (bicyclic) bond motifs is 1. The number of hydrogen-bond donors (Lipinski definition) is 0. The van der Waals surface area contributed by atoms with Crippen LogP contribution >= 0.6 is 0 Å². The summed E-state index contributed by atoms with van der Waals surface area (Å²) in [7, 11) is 0. The van der Waals surface area contributed by atoms with Gasteiger partial charge in [0, 0.05) is 5.92 Å². The Morgan fingerprint density at radius 1 is 0.828 bits per heavy atom. The molecule has 0 radical (unpaired) electrons. The van der Waals surface area contributed by atoms with E-state index in [1.807, 2.05) is 0 Å². The molecule has 5 rings (SSSR count). The molecule has 0 bridgehead atoms. The first-order valence-corrected chi connectivity index (χ1v) is 11.4. The topological polar surface area (TPSA) is 0 Å². The molecule has 3 fully saturated rings. The molecule has 0 saturated heterocycles. The second-order valence-corrected chi connectivity index (χ2v) is 10.0. The Hall–Kier alpha value is -1.51. The zero-order valence-electron chi connectivity index (χ0n) is 17.4. The summed E-state index contributed by atoms with van der Waals surface area (Å²) in [5, 5.41) is 0. The molecular formula is C26H33F3. The molecule has 0 spiro atoms. The number of halogens is 3. The van der Waals surface area contributed by atoms with Gasteiger partial charge in [-0.1, -0.05) is 50.1 Å². The van der Waals surface area contributed by atoms with Crippen LogP contribution in [0.25, 0.3) is 5.57 Å². The lowest BCUT2D eigenvalue weighted by molar-refractivity contribution is 0.165. The summed E-state index contributed by atoms with van der Waals surface area (Å²) in [5.74, 6) is 2.66. The van der Waals surface area contributed by atoms with Gasteiger partial charge in [0.15, 0.2) is 5.67 Å². The predicted molar refractivity (Wildman–Crippen MR) is 114 cm³/mol. The highest BCUT2D eigenvalue weighted by Crippen LogP contribution is 2.61. The van der Waals surface area contributed by atoms with Crippen molar-refractivity contribution in [2.75, 3.05) is 0 Å². The third-order valence-electron chi connectivity index (χ3n) is 8.29. The lowest BCUT2D eigenvalue weighted by Gasteiger charge is -2.37. The fraction of sp³-hybridized carbons (Fsp3) is 0.615. The van der Waals surface area contributed by atoms with Crippen LogP contribution in [0.4, 0.5) is 13.5 Å². The standard InChI is InChI=1S/C26H32F2.FH/c1-17-2-4-18(5-3-17)19-6-8-20(9-7-19)21-10-12-22(13-11-21)23-14-15-25(27)26(28)16-24(23)26;/h10-15,17-20,24H,2-9,16H2,1H3;1H. The molecule has 0 heterocycles. The van der Waals surface area contributed by atoms with Crippen LogP contribution in [-0.2, 0) is 0 Å². The van der Waals surface area contributed by atoms with Gasteiger partial charge in [0.25, 0.3) is 0 Å². The SMILES string of the molecule is CC1CCC(C2CCC(c3ccc(C4=CC=C(F)C5(F)CC45)cc3)CC2)CC1.F. The van der Waals surface area contributed by atoms with Crippen molar-refractivity contribution in [3.8, 4) is 0 Å². The van der Waals surface area contributed by atoms with E-state index < -0.39 is 11.5 Å². The van der Waals surface area contributed by atoms with Gasteiger partial charge in [0.1, 0.15) is 5.83 Å². The third kappa shape index (κ3) is 3.82. The average molecular weight is 403 g/mol. The van der Waals surface area contributed by atoms with Crippen molar-refractivity contribution in [2.24, 2.45) is 23.7 Å². The van der Waals surface area contributed by atoms with Crippen LogP contribution in [0.2, 0.25) is 0 Å². The van der Waals surface area contributed by atoms with E-state index in [1.54, 1.807) is 6.08 Å². The Kier molecular flexibility index (Phi) is 5.70. The van der Waals surface area contributed by atoms with E-state index >= 15 is 0 Å². The molecular weight excluding hydrogens is 369 g/mol. The summed E-state index contributed by atoms with van der Waals surface area (Å²) < 4.78 is 28.0. The first-order valence-electron chi connectivity index (χ1n) is 11.4. The van der Waals surface area contributed by atoms with Crippen molar-refractivity contribution in [3.05, 3.63) is 53.4 Å². The molecule has 1 aromatic carbocycles. The van der Waals surface area contributed by atoms with Gasteiger partial charge >= 0.3 is 0 Å². The number of rotatable bonds is 3. The average Bonchev–Trinajstić information content (AvgIpc) is 3.43. The Balaban J connectivity index is 0.00000205.